The van der Waals surface area contributed by atoms with Crippen LogP contribution >= 0.6 is 11.6 Å². The molecule has 0 N–H and O–H groups in total. The average molecular weight is 353 g/mol. The summed E-state index contributed by atoms with van der Waals surface area (Å²) in [5.74, 6) is 0. The maximum absolute atomic E-state index is 13.1. The molecule has 23 heavy (non-hydrogen) atoms. The van der Waals surface area contributed by atoms with Gasteiger partial charge in [-0.15, -0.1) is 0 Å². The minimum absolute atomic E-state index is 0.0566. The minimum Gasteiger partial charge on any atom is -0.276 e. The number of carbonyl (C=O) groups excluding carboxylic acids is 1. The molecule has 1 nitrogen and oxygen atoms in total. The molecule has 0 aliphatic heterocycles. The molecule has 2 rings (SSSR count). The van der Waals surface area contributed by atoms with Crippen LogP contribution in [0, 0.1) is 0 Å². The van der Waals surface area contributed by atoms with Crippen LogP contribution in [0.25, 0.3) is 11.1 Å². The predicted octanol–water partition coefficient (Wildman–Crippen LogP) is 5.77. The first-order valence-corrected chi connectivity index (χ1v) is 6.46. The maximum Gasteiger partial charge on any atom is 0.417 e. The lowest BCUT2D eigenvalue weighted by molar-refractivity contribution is -0.138. The average Bonchev–Trinajstić information content (AvgIpc) is 2.45. The quantitative estimate of drug-likeness (QED) is 0.495. The number of carbonyl (C=O) groups is 1. The van der Waals surface area contributed by atoms with Crippen molar-refractivity contribution in [2.45, 2.75) is 12.4 Å². The molecule has 8 heteroatoms. The lowest BCUT2D eigenvalue weighted by Crippen LogP contribution is -2.09. The van der Waals surface area contributed by atoms with Gasteiger partial charge in [0, 0.05) is 5.56 Å². The molecular formula is C15H7ClF6O. The van der Waals surface area contributed by atoms with Gasteiger partial charge in [0.25, 0.3) is 5.24 Å². The third-order valence-corrected chi connectivity index (χ3v) is 3.29. The van der Waals surface area contributed by atoms with Crippen LogP contribution in [0.3, 0.4) is 0 Å². The molecule has 0 saturated heterocycles. The summed E-state index contributed by atoms with van der Waals surface area (Å²) >= 11 is 5.16. The summed E-state index contributed by atoms with van der Waals surface area (Å²) in [6.07, 6.45) is -9.37. The molecule has 2 aromatic carbocycles. The van der Waals surface area contributed by atoms with E-state index in [9.17, 15) is 31.1 Å². The van der Waals surface area contributed by atoms with Gasteiger partial charge in [-0.2, -0.15) is 26.3 Å². The van der Waals surface area contributed by atoms with Crippen molar-refractivity contribution in [3.05, 3.63) is 59.2 Å². The van der Waals surface area contributed by atoms with Crippen LogP contribution in [0.2, 0.25) is 0 Å². The SMILES string of the molecule is O=C(Cl)c1ccc(-c2ccc(C(F)(F)F)cc2)c(C(F)(F)F)c1. The third-order valence-electron chi connectivity index (χ3n) is 3.08. The number of alkyl halides is 6. The van der Waals surface area contributed by atoms with E-state index in [1.807, 2.05) is 0 Å². The first-order valence-electron chi connectivity index (χ1n) is 6.09. The van der Waals surface area contributed by atoms with E-state index < -0.39 is 28.7 Å². The van der Waals surface area contributed by atoms with Gasteiger partial charge in [-0.3, -0.25) is 4.79 Å². The molecule has 2 aromatic rings. The van der Waals surface area contributed by atoms with Crippen LogP contribution in [0.1, 0.15) is 21.5 Å². The third kappa shape index (κ3) is 3.85. The van der Waals surface area contributed by atoms with E-state index in [2.05, 4.69) is 0 Å². The number of hydrogen-bond donors (Lipinski definition) is 0. The Hall–Kier alpha value is -2.02. The van der Waals surface area contributed by atoms with Gasteiger partial charge in [-0.1, -0.05) is 18.2 Å². The minimum atomic E-state index is -4.79. The Balaban J connectivity index is 2.57. The Bertz CT molecular complexity index is 731. The Morgan fingerprint density at radius 3 is 1.83 bits per heavy atom. The van der Waals surface area contributed by atoms with Crippen molar-refractivity contribution in [1.82, 2.24) is 0 Å². The van der Waals surface area contributed by atoms with E-state index in [1.54, 1.807) is 0 Å². The standard InChI is InChI=1S/C15H7ClF6O/c16-13(23)9-3-6-11(12(7-9)15(20,21)22)8-1-4-10(5-2-8)14(17,18)19/h1-7H. The van der Waals surface area contributed by atoms with Crippen LogP contribution in [-0.4, -0.2) is 5.24 Å². The fraction of sp³-hybridized carbons (Fsp3) is 0.133. The highest BCUT2D eigenvalue weighted by molar-refractivity contribution is 6.67. The van der Waals surface area contributed by atoms with Crippen molar-refractivity contribution in [3.63, 3.8) is 0 Å². The molecule has 0 amide bonds. The molecule has 122 valence electrons. The van der Waals surface area contributed by atoms with Gasteiger partial charge in [0.05, 0.1) is 11.1 Å². The second-order valence-corrected chi connectivity index (χ2v) is 4.95. The zero-order valence-electron chi connectivity index (χ0n) is 11.1. The van der Waals surface area contributed by atoms with Gasteiger partial charge in [0.15, 0.2) is 0 Å². The van der Waals surface area contributed by atoms with Crippen molar-refractivity contribution >= 4 is 16.8 Å². The topological polar surface area (TPSA) is 17.1 Å². The van der Waals surface area contributed by atoms with Gasteiger partial charge in [0.1, 0.15) is 0 Å². The molecule has 0 heterocycles. The highest BCUT2D eigenvalue weighted by Crippen LogP contribution is 2.39. The molecule has 0 aliphatic rings. The number of halogens is 7. The van der Waals surface area contributed by atoms with E-state index in [0.717, 1.165) is 24.3 Å². The van der Waals surface area contributed by atoms with E-state index in [4.69, 9.17) is 11.6 Å². The van der Waals surface area contributed by atoms with Crippen molar-refractivity contribution < 1.29 is 31.1 Å². The monoisotopic (exact) mass is 352 g/mol. The highest BCUT2D eigenvalue weighted by atomic mass is 35.5. The van der Waals surface area contributed by atoms with E-state index in [-0.39, 0.29) is 16.7 Å². The van der Waals surface area contributed by atoms with Crippen molar-refractivity contribution in [3.8, 4) is 11.1 Å². The number of benzene rings is 2. The van der Waals surface area contributed by atoms with Crippen molar-refractivity contribution in [1.29, 1.82) is 0 Å². The van der Waals surface area contributed by atoms with Gasteiger partial charge in [0.2, 0.25) is 0 Å². The summed E-state index contributed by atoms with van der Waals surface area (Å²) < 4.78 is 76.8. The molecule has 0 aromatic heterocycles. The number of rotatable bonds is 2. The molecule has 0 saturated carbocycles. The normalized spacial score (nSPS) is 12.3. The Morgan fingerprint density at radius 2 is 1.39 bits per heavy atom. The van der Waals surface area contributed by atoms with E-state index >= 15 is 0 Å². The van der Waals surface area contributed by atoms with Gasteiger partial charge in [-0.05, 0) is 47.0 Å². The van der Waals surface area contributed by atoms with Gasteiger partial charge < -0.3 is 0 Å². The molecular weight excluding hydrogens is 346 g/mol. The highest BCUT2D eigenvalue weighted by Gasteiger charge is 2.35. The van der Waals surface area contributed by atoms with Crippen LogP contribution in [-0.2, 0) is 12.4 Å². The van der Waals surface area contributed by atoms with Gasteiger partial charge >= 0.3 is 12.4 Å². The molecule has 0 aliphatic carbocycles. The fourth-order valence-corrected chi connectivity index (χ4v) is 2.11. The molecule has 0 spiro atoms. The summed E-state index contributed by atoms with van der Waals surface area (Å²) in [4.78, 5) is 11.0. The largest absolute Gasteiger partial charge is 0.417 e. The van der Waals surface area contributed by atoms with Crippen LogP contribution in [0.15, 0.2) is 42.5 Å². The Labute approximate surface area is 131 Å². The summed E-state index contributed by atoms with van der Waals surface area (Å²) in [6.45, 7) is 0. The van der Waals surface area contributed by atoms with E-state index in [0.29, 0.717) is 18.2 Å². The smallest absolute Gasteiger partial charge is 0.276 e. The summed E-state index contributed by atoms with van der Waals surface area (Å²) in [5, 5.41) is -1.06. The first kappa shape index (κ1) is 17.3. The lowest BCUT2D eigenvalue weighted by atomic mass is 9.96. The zero-order valence-corrected chi connectivity index (χ0v) is 11.9. The van der Waals surface area contributed by atoms with Crippen LogP contribution in [0.5, 0.6) is 0 Å². The van der Waals surface area contributed by atoms with Crippen LogP contribution in [0.4, 0.5) is 26.3 Å². The molecule has 0 bridgehead atoms. The first-order chi connectivity index (χ1) is 10.5. The second-order valence-electron chi connectivity index (χ2n) is 4.61. The zero-order chi connectivity index (χ0) is 17.4. The fourth-order valence-electron chi connectivity index (χ4n) is 1.99. The van der Waals surface area contributed by atoms with Crippen molar-refractivity contribution in [2.75, 3.05) is 0 Å². The Morgan fingerprint density at radius 1 is 0.826 bits per heavy atom. The molecule has 0 atom stereocenters. The summed E-state index contributed by atoms with van der Waals surface area (Å²) in [6, 6.07) is 5.92. The Kier molecular flexibility index (Phi) is 4.43. The van der Waals surface area contributed by atoms with E-state index in [1.165, 1.54) is 0 Å². The number of hydrogen-bond acceptors (Lipinski definition) is 1. The second kappa shape index (κ2) is 5.88. The van der Waals surface area contributed by atoms with Crippen molar-refractivity contribution in [2.24, 2.45) is 0 Å². The molecule has 0 radical (unpaired) electrons. The molecule has 0 unspecified atom stereocenters. The summed E-state index contributed by atoms with van der Waals surface area (Å²) in [5.41, 5.74) is -2.87. The molecule has 0 fully saturated rings. The van der Waals surface area contributed by atoms with Crippen LogP contribution < -0.4 is 0 Å². The predicted molar refractivity (Wildman–Crippen MR) is 72.1 cm³/mol. The lowest BCUT2D eigenvalue weighted by Gasteiger charge is -2.15. The summed E-state index contributed by atoms with van der Waals surface area (Å²) in [7, 11) is 0. The maximum atomic E-state index is 13.1. The van der Waals surface area contributed by atoms with Gasteiger partial charge in [-0.25, -0.2) is 0 Å².